The van der Waals surface area contributed by atoms with Gasteiger partial charge in [0.15, 0.2) is 8.32 Å². The molecular formula is C46H69N2O9PSi. The maximum atomic E-state index is 7.20. The van der Waals surface area contributed by atoms with E-state index in [-0.39, 0.29) is 54.7 Å². The molecule has 0 aliphatic carbocycles. The van der Waals surface area contributed by atoms with E-state index in [0.29, 0.717) is 33.0 Å². The van der Waals surface area contributed by atoms with Crippen LogP contribution in [0.2, 0.25) is 18.1 Å². The zero-order valence-electron chi connectivity index (χ0n) is 37.4. The van der Waals surface area contributed by atoms with E-state index in [0.717, 1.165) is 28.2 Å². The first kappa shape index (κ1) is 48.7. The van der Waals surface area contributed by atoms with Crippen molar-refractivity contribution in [2.24, 2.45) is 0 Å². The molecule has 1 heterocycles. The van der Waals surface area contributed by atoms with Gasteiger partial charge in [-0.25, -0.2) is 11.2 Å². The standard InChI is InChI=1S/C46H69N2O9PSi/c1-34(2)48(35(3)4)58(54-28-27-47-9)55-32-30-52-44-42(56-36(5)43(44)57-59(12,13)45(6,7)8)33-51-29-31-53-46(37-17-15-14-16-18-37,38-19-23-40(49-10)24-20-38)39-21-25-41(50-11)26-22-39/h14-26,34-36,42-44H,27-33H2,1-8,10-13H3/t36-,42+,43+,44?,58?/m0/s1. The molecule has 0 amide bonds. The molecule has 59 heavy (non-hydrogen) atoms. The van der Waals surface area contributed by atoms with E-state index < -0.39 is 22.4 Å². The van der Waals surface area contributed by atoms with Crippen molar-refractivity contribution >= 4 is 16.8 Å². The van der Waals surface area contributed by atoms with Gasteiger partial charge in [-0.1, -0.05) is 75.4 Å². The van der Waals surface area contributed by atoms with Crippen LogP contribution in [0.5, 0.6) is 11.5 Å². The maximum Gasteiger partial charge on any atom is 0.259 e. The van der Waals surface area contributed by atoms with E-state index in [1.807, 2.05) is 66.7 Å². The van der Waals surface area contributed by atoms with Crippen molar-refractivity contribution in [1.29, 1.82) is 0 Å². The van der Waals surface area contributed by atoms with Crippen LogP contribution in [-0.4, -0.2) is 110 Å². The van der Waals surface area contributed by atoms with Gasteiger partial charge in [0.05, 0.1) is 59.5 Å². The molecule has 0 saturated carbocycles. The van der Waals surface area contributed by atoms with Gasteiger partial charge in [0.25, 0.3) is 8.53 Å². The van der Waals surface area contributed by atoms with Crippen LogP contribution in [-0.2, 0) is 38.0 Å². The highest BCUT2D eigenvalue weighted by molar-refractivity contribution is 7.44. The summed E-state index contributed by atoms with van der Waals surface area (Å²) in [6.45, 7) is 31.1. The van der Waals surface area contributed by atoms with E-state index in [1.54, 1.807) is 14.2 Å². The average molecular weight is 853 g/mol. The summed E-state index contributed by atoms with van der Waals surface area (Å²) in [5.74, 6) is 1.52. The fourth-order valence-corrected chi connectivity index (χ4v) is 9.98. The highest BCUT2D eigenvalue weighted by Gasteiger charge is 2.49. The van der Waals surface area contributed by atoms with Crippen LogP contribution in [0.3, 0.4) is 0 Å². The Kier molecular flexibility index (Phi) is 18.8. The van der Waals surface area contributed by atoms with E-state index in [1.165, 1.54) is 0 Å². The summed E-state index contributed by atoms with van der Waals surface area (Å²) < 4.78 is 59.4. The second-order valence-corrected chi connectivity index (χ2v) is 23.0. The Balaban J connectivity index is 1.52. The van der Waals surface area contributed by atoms with Gasteiger partial charge < -0.3 is 46.7 Å². The van der Waals surface area contributed by atoms with Crippen LogP contribution < -0.4 is 9.47 Å². The molecule has 1 fully saturated rings. The Labute approximate surface area is 356 Å². The molecule has 13 heteroatoms. The molecule has 326 valence electrons. The average Bonchev–Trinajstić information content (AvgIpc) is 3.49. The fraction of sp³-hybridized carbons (Fsp3) is 0.587. The molecule has 0 aromatic heterocycles. The molecule has 1 saturated heterocycles. The summed E-state index contributed by atoms with van der Waals surface area (Å²) in [6.07, 6.45) is -1.25. The molecular weight excluding hydrogens is 784 g/mol. The first-order chi connectivity index (χ1) is 28.1. The minimum Gasteiger partial charge on any atom is -0.497 e. The van der Waals surface area contributed by atoms with Crippen molar-refractivity contribution < 1.29 is 41.9 Å². The van der Waals surface area contributed by atoms with Crippen LogP contribution >= 0.6 is 8.53 Å². The summed E-state index contributed by atoms with van der Waals surface area (Å²) in [4.78, 5) is 3.46. The monoisotopic (exact) mass is 852 g/mol. The Morgan fingerprint density at radius 3 is 1.80 bits per heavy atom. The molecule has 0 bridgehead atoms. The molecule has 0 radical (unpaired) electrons. The maximum absolute atomic E-state index is 7.20. The smallest absolute Gasteiger partial charge is 0.259 e. The Morgan fingerprint density at radius 2 is 1.29 bits per heavy atom. The van der Waals surface area contributed by atoms with Gasteiger partial charge in [0.1, 0.15) is 35.9 Å². The van der Waals surface area contributed by atoms with Crippen molar-refractivity contribution in [2.45, 2.75) is 116 Å². The Morgan fingerprint density at radius 1 is 0.746 bits per heavy atom. The van der Waals surface area contributed by atoms with Gasteiger partial charge in [-0.05, 0) is 93.7 Å². The van der Waals surface area contributed by atoms with Gasteiger partial charge in [0, 0.05) is 12.1 Å². The third-order valence-corrected chi connectivity index (χ3v) is 17.6. The highest BCUT2D eigenvalue weighted by Crippen LogP contribution is 2.46. The third-order valence-electron chi connectivity index (χ3n) is 11.0. The molecule has 5 atom stereocenters. The molecule has 0 spiro atoms. The molecule has 3 aromatic rings. The van der Waals surface area contributed by atoms with E-state index >= 15 is 0 Å². The normalized spacial score (nSPS) is 19.4. The zero-order chi connectivity index (χ0) is 43.2. The van der Waals surface area contributed by atoms with E-state index in [9.17, 15) is 0 Å². The molecule has 1 aliphatic heterocycles. The van der Waals surface area contributed by atoms with Crippen LogP contribution in [0.1, 0.15) is 72.1 Å². The van der Waals surface area contributed by atoms with Crippen molar-refractivity contribution in [2.75, 3.05) is 60.4 Å². The van der Waals surface area contributed by atoms with E-state index in [2.05, 4.69) is 90.1 Å². The van der Waals surface area contributed by atoms with Crippen LogP contribution in [0.15, 0.2) is 78.9 Å². The summed E-state index contributed by atoms with van der Waals surface area (Å²) >= 11 is 0. The summed E-state index contributed by atoms with van der Waals surface area (Å²) in [6, 6.07) is 26.7. The van der Waals surface area contributed by atoms with Gasteiger partial charge in [-0.3, -0.25) is 0 Å². The number of methoxy groups -OCH3 is 2. The highest BCUT2D eigenvalue weighted by atomic mass is 31.2. The second-order valence-electron chi connectivity index (χ2n) is 16.8. The summed E-state index contributed by atoms with van der Waals surface area (Å²) in [5.41, 5.74) is 1.94. The summed E-state index contributed by atoms with van der Waals surface area (Å²) in [7, 11) is -0.252. The predicted octanol–water partition coefficient (Wildman–Crippen LogP) is 9.89. The number of benzene rings is 3. The number of nitrogens with zero attached hydrogens (tertiary/aromatic N) is 2. The minimum atomic E-state index is -2.20. The van der Waals surface area contributed by atoms with E-state index in [4.69, 9.17) is 48.5 Å². The lowest BCUT2D eigenvalue weighted by molar-refractivity contribution is -0.0840. The first-order valence-electron chi connectivity index (χ1n) is 20.8. The number of ether oxygens (including phenoxy) is 6. The molecule has 1 aliphatic rings. The molecule has 2 unspecified atom stereocenters. The SMILES string of the molecule is [C-]#[N+]CCOP(OCCOC1[C@@H](COCCOC(c2ccccc2)(c2ccc(OC)cc2)c2ccc(OC)cc2)O[C@@H](C)[C@H]1O[Si](C)(C)C(C)(C)C)N(C(C)C)C(C)C. The Bertz CT molecular complexity index is 1650. The first-order valence-corrected chi connectivity index (χ1v) is 24.8. The molecule has 11 nitrogen and oxygen atoms in total. The fourth-order valence-electron chi connectivity index (χ4n) is 7.06. The molecule has 4 rings (SSSR count). The van der Waals surface area contributed by atoms with Gasteiger partial charge in [-0.15, -0.1) is 0 Å². The number of hydrogen-bond donors (Lipinski definition) is 0. The quantitative estimate of drug-likeness (QED) is 0.0285. The van der Waals surface area contributed by atoms with Gasteiger partial charge >= 0.3 is 0 Å². The summed E-state index contributed by atoms with van der Waals surface area (Å²) in [5, 5.41) is 0.000979. The molecule has 3 aromatic carbocycles. The third kappa shape index (κ3) is 12.8. The molecule has 0 N–H and O–H groups in total. The largest absolute Gasteiger partial charge is 0.497 e. The lowest BCUT2D eigenvalue weighted by Gasteiger charge is -2.40. The van der Waals surface area contributed by atoms with Crippen molar-refractivity contribution in [3.63, 3.8) is 0 Å². The number of rotatable bonds is 24. The van der Waals surface area contributed by atoms with Gasteiger partial charge in [0.2, 0.25) is 6.54 Å². The van der Waals surface area contributed by atoms with Crippen LogP contribution in [0.25, 0.3) is 4.85 Å². The zero-order valence-corrected chi connectivity index (χ0v) is 39.3. The number of hydrogen-bond acceptors (Lipinski definition) is 10. The predicted molar refractivity (Wildman–Crippen MR) is 238 cm³/mol. The van der Waals surface area contributed by atoms with Crippen molar-refractivity contribution in [3.05, 3.63) is 107 Å². The van der Waals surface area contributed by atoms with Crippen LogP contribution in [0.4, 0.5) is 0 Å². The van der Waals surface area contributed by atoms with Gasteiger partial charge in [-0.2, -0.15) is 0 Å². The lowest BCUT2D eigenvalue weighted by Crippen LogP contribution is -2.50. The minimum absolute atomic E-state index is 0.000979. The van der Waals surface area contributed by atoms with Crippen molar-refractivity contribution in [3.8, 4) is 11.5 Å². The van der Waals surface area contributed by atoms with Crippen molar-refractivity contribution in [1.82, 2.24) is 4.67 Å². The Hall–Kier alpha value is -2.92. The van der Waals surface area contributed by atoms with Crippen LogP contribution in [0, 0.1) is 6.57 Å². The topological polar surface area (TPSA) is 90.7 Å². The lowest BCUT2D eigenvalue weighted by atomic mass is 9.80. The second kappa shape index (κ2) is 22.8.